The Kier molecular flexibility index (Phi) is 4.53. The number of hydrogen-bond donors (Lipinski definition) is 1. The van der Waals surface area contributed by atoms with Crippen molar-refractivity contribution in [2.24, 2.45) is 0 Å². The van der Waals surface area contributed by atoms with E-state index in [-0.39, 0.29) is 15.7 Å². The van der Waals surface area contributed by atoms with Crippen molar-refractivity contribution in [3.8, 4) is 5.75 Å². The van der Waals surface area contributed by atoms with Crippen LogP contribution in [0.2, 0.25) is 15.1 Å². The molecule has 98 valence electrons. The second-order valence-corrected chi connectivity index (χ2v) is 4.82. The van der Waals surface area contributed by atoms with Crippen LogP contribution in [-0.4, -0.2) is 6.09 Å². The molecule has 0 unspecified atom stereocenters. The Labute approximate surface area is 125 Å². The molecule has 0 atom stereocenters. The maximum absolute atomic E-state index is 11.7. The van der Waals surface area contributed by atoms with Crippen molar-refractivity contribution in [1.82, 2.24) is 0 Å². The van der Waals surface area contributed by atoms with E-state index in [9.17, 15) is 4.79 Å². The molecular formula is C13H8Cl3NO2. The minimum Gasteiger partial charge on any atom is -0.410 e. The van der Waals surface area contributed by atoms with Crippen LogP contribution in [-0.2, 0) is 0 Å². The molecule has 0 aliphatic rings. The number of ether oxygens (including phenoxy) is 1. The molecule has 0 aliphatic carbocycles. The van der Waals surface area contributed by atoms with E-state index < -0.39 is 6.09 Å². The molecular weight excluding hydrogens is 309 g/mol. The second kappa shape index (κ2) is 6.15. The van der Waals surface area contributed by atoms with Crippen LogP contribution in [0.1, 0.15) is 0 Å². The maximum atomic E-state index is 11.7. The van der Waals surface area contributed by atoms with Crippen molar-refractivity contribution in [2.45, 2.75) is 0 Å². The summed E-state index contributed by atoms with van der Waals surface area (Å²) in [5.74, 6) is 0.418. The summed E-state index contributed by atoms with van der Waals surface area (Å²) < 4.78 is 5.06. The van der Waals surface area contributed by atoms with Gasteiger partial charge in [-0.15, -0.1) is 0 Å². The predicted molar refractivity (Wildman–Crippen MR) is 77.6 cm³/mol. The quantitative estimate of drug-likeness (QED) is 0.821. The lowest BCUT2D eigenvalue weighted by Gasteiger charge is -2.10. The Morgan fingerprint density at radius 2 is 1.58 bits per heavy atom. The van der Waals surface area contributed by atoms with Crippen LogP contribution in [0.3, 0.4) is 0 Å². The zero-order valence-electron chi connectivity index (χ0n) is 9.49. The minimum atomic E-state index is -0.683. The Hall–Kier alpha value is -1.42. The number of benzene rings is 2. The van der Waals surface area contributed by atoms with Crippen LogP contribution in [0.4, 0.5) is 10.5 Å². The highest BCUT2D eigenvalue weighted by Gasteiger charge is 2.12. The molecule has 2 rings (SSSR count). The third kappa shape index (κ3) is 3.77. The Bertz CT molecular complexity index is 579. The molecule has 0 saturated carbocycles. The van der Waals surface area contributed by atoms with Crippen molar-refractivity contribution in [3.05, 3.63) is 57.5 Å². The normalized spacial score (nSPS) is 10.1. The van der Waals surface area contributed by atoms with E-state index in [1.54, 1.807) is 24.3 Å². The van der Waals surface area contributed by atoms with Crippen molar-refractivity contribution in [1.29, 1.82) is 0 Å². The average Bonchev–Trinajstić information content (AvgIpc) is 2.35. The number of nitrogens with one attached hydrogen (secondary N) is 1. The summed E-state index contributed by atoms with van der Waals surface area (Å²) in [7, 11) is 0. The molecule has 0 aromatic heterocycles. The van der Waals surface area contributed by atoms with Gasteiger partial charge in [0.1, 0.15) is 5.75 Å². The number of anilines is 1. The van der Waals surface area contributed by atoms with E-state index in [2.05, 4.69) is 5.32 Å². The van der Waals surface area contributed by atoms with Gasteiger partial charge in [-0.25, -0.2) is 4.79 Å². The van der Waals surface area contributed by atoms with Gasteiger partial charge in [0.05, 0.1) is 15.7 Å². The maximum Gasteiger partial charge on any atom is 0.417 e. The molecule has 6 heteroatoms. The molecule has 1 amide bonds. The topological polar surface area (TPSA) is 38.3 Å². The summed E-state index contributed by atoms with van der Waals surface area (Å²) in [5.41, 5.74) is 0.258. The lowest BCUT2D eigenvalue weighted by atomic mass is 10.3. The first-order chi connectivity index (χ1) is 9.06. The van der Waals surface area contributed by atoms with Crippen molar-refractivity contribution in [2.75, 3.05) is 5.32 Å². The average molecular weight is 317 g/mol. The summed E-state index contributed by atoms with van der Waals surface area (Å²) >= 11 is 17.7. The summed E-state index contributed by atoms with van der Waals surface area (Å²) in [6.07, 6.45) is -0.683. The number of hydrogen-bond acceptors (Lipinski definition) is 2. The molecule has 3 nitrogen and oxygen atoms in total. The number of carbonyl (C=O) groups excluding carboxylic acids is 1. The zero-order valence-corrected chi connectivity index (χ0v) is 11.8. The number of rotatable bonds is 2. The number of amides is 1. The molecule has 0 heterocycles. The summed E-state index contributed by atoms with van der Waals surface area (Å²) in [4.78, 5) is 11.7. The van der Waals surface area contributed by atoms with Gasteiger partial charge in [0.15, 0.2) is 0 Å². The number of para-hydroxylation sites is 1. The largest absolute Gasteiger partial charge is 0.417 e. The Morgan fingerprint density at radius 1 is 1.00 bits per heavy atom. The third-order valence-corrected chi connectivity index (χ3v) is 3.00. The lowest BCUT2D eigenvalue weighted by molar-refractivity contribution is 0.215. The SMILES string of the molecule is O=C(Nc1c(Cl)cc(Cl)cc1Cl)Oc1ccccc1. The van der Waals surface area contributed by atoms with Crippen molar-refractivity contribution < 1.29 is 9.53 Å². The van der Waals surface area contributed by atoms with Crippen LogP contribution < -0.4 is 10.1 Å². The van der Waals surface area contributed by atoms with Gasteiger partial charge in [-0.05, 0) is 24.3 Å². The van der Waals surface area contributed by atoms with Crippen LogP contribution >= 0.6 is 34.8 Å². The van der Waals surface area contributed by atoms with Gasteiger partial charge in [-0.1, -0.05) is 53.0 Å². The molecule has 0 fully saturated rings. The van der Waals surface area contributed by atoms with E-state index in [1.165, 1.54) is 12.1 Å². The molecule has 0 radical (unpaired) electrons. The molecule has 0 spiro atoms. The highest BCUT2D eigenvalue weighted by molar-refractivity contribution is 6.42. The monoisotopic (exact) mass is 315 g/mol. The predicted octanol–water partition coefficient (Wildman–Crippen LogP) is 5.26. The Balaban J connectivity index is 2.12. The molecule has 1 N–H and O–H groups in total. The highest BCUT2D eigenvalue weighted by atomic mass is 35.5. The lowest BCUT2D eigenvalue weighted by Crippen LogP contribution is -2.17. The fourth-order valence-electron chi connectivity index (χ4n) is 1.38. The van der Waals surface area contributed by atoms with Gasteiger partial charge in [-0.3, -0.25) is 5.32 Å². The van der Waals surface area contributed by atoms with E-state index in [0.717, 1.165) is 0 Å². The number of halogens is 3. The van der Waals surface area contributed by atoms with Gasteiger partial charge in [-0.2, -0.15) is 0 Å². The van der Waals surface area contributed by atoms with E-state index in [0.29, 0.717) is 10.8 Å². The standard InChI is InChI=1S/C13H8Cl3NO2/c14-8-6-10(15)12(11(16)7-8)17-13(18)19-9-4-2-1-3-5-9/h1-7H,(H,17,18). The summed E-state index contributed by atoms with van der Waals surface area (Å²) in [6.45, 7) is 0. The van der Waals surface area contributed by atoms with Gasteiger partial charge < -0.3 is 4.74 Å². The molecule has 0 saturated heterocycles. The first-order valence-electron chi connectivity index (χ1n) is 5.24. The van der Waals surface area contributed by atoms with Gasteiger partial charge in [0.2, 0.25) is 0 Å². The van der Waals surface area contributed by atoms with E-state index in [1.807, 2.05) is 6.07 Å². The smallest absolute Gasteiger partial charge is 0.410 e. The molecule has 2 aromatic rings. The van der Waals surface area contributed by atoms with Gasteiger partial charge in [0.25, 0.3) is 0 Å². The first-order valence-corrected chi connectivity index (χ1v) is 6.38. The zero-order chi connectivity index (χ0) is 13.8. The first kappa shape index (κ1) is 14.0. The van der Waals surface area contributed by atoms with Crippen LogP contribution in [0, 0.1) is 0 Å². The van der Waals surface area contributed by atoms with Crippen molar-refractivity contribution in [3.63, 3.8) is 0 Å². The molecule has 19 heavy (non-hydrogen) atoms. The molecule has 0 bridgehead atoms. The van der Waals surface area contributed by atoms with Crippen LogP contribution in [0.15, 0.2) is 42.5 Å². The van der Waals surface area contributed by atoms with Crippen LogP contribution in [0.5, 0.6) is 5.75 Å². The number of carbonyl (C=O) groups is 1. The molecule has 2 aromatic carbocycles. The fraction of sp³-hybridized carbons (Fsp3) is 0. The van der Waals surface area contributed by atoms with Crippen LogP contribution in [0.25, 0.3) is 0 Å². The van der Waals surface area contributed by atoms with E-state index in [4.69, 9.17) is 39.5 Å². The minimum absolute atomic E-state index is 0.238. The summed E-state index contributed by atoms with van der Waals surface area (Å²) in [6, 6.07) is 11.6. The van der Waals surface area contributed by atoms with Gasteiger partial charge >= 0.3 is 6.09 Å². The third-order valence-electron chi connectivity index (χ3n) is 2.19. The highest BCUT2D eigenvalue weighted by Crippen LogP contribution is 2.33. The van der Waals surface area contributed by atoms with Gasteiger partial charge in [0, 0.05) is 5.02 Å². The summed E-state index contributed by atoms with van der Waals surface area (Å²) in [5, 5.41) is 3.33. The molecule has 0 aliphatic heterocycles. The Morgan fingerprint density at radius 3 is 2.16 bits per heavy atom. The fourth-order valence-corrected chi connectivity index (χ4v) is 2.30. The second-order valence-electron chi connectivity index (χ2n) is 3.57. The van der Waals surface area contributed by atoms with Crippen molar-refractivity contribution >= 4 is 46.6 Å². The van der Waals surface area contributed by atoms with E-state index >= 15 is 0 Å².